The number of aromatic nitrogens is 2. The van der Waals surface area contributed by atoms with Gasteiger partial charge < -0.3 is 0 Å². The molecular weight excluding hydrogens is 629 g/mol. The van der Waals surface area contributed by atoms with Crippen LogP contribution in [-0.2, 0) is 18.4 Å². The van der Waals surface area contributed by atoms with Crippen LogP contribution in [0.1, 0.15) is 218 Å². The van der Waals surface area contributed by atoms with Gasteiger partial charge in [-0.1, -0.05) is 236 Å². The summed E-state index contributed by atoms with van der Waals surface area (Å²) in [6, 6.07) is 23.1. The van der Waals surface area contributed by atoms with E-state index < -0.39 is 0 Å². The van der Waals surface area contributed by atoms with Crippen LogP contribution in [0.25, 0.3) is 0 Å². The van der Waals surface area contributed by atoms with Gasteiger partial charge in [0.25, 0.3) is 0 Å². The lowest BCUT2D eigenvalue weighted by atomic mass is 9.70. The van der Waals surface area contributed by atoms with Crippen molar-refractivity contribution in [1.29, 1.82) is 0 Å². The molecule has 0 saturated heterocycles. The molecule has 0 aliphatic rings. The maximum absolute atomic E-state index is 2.60. The Morgan fingerprint density at radius 3 is 1.37 bits per heavy atom. The smallest absolute Gasteiger partial charge is 0.237 e. The van der Waals surface area contributed by atoms with Crippen molar-refractivity contribution in [3.63, 3.8) is 0 Å². The molecule has 52 heavy (non-hydrogen) atoms. The van der Waals surface area contributed by atoms with Gasteiger partial charge in [0.2, 0.25) is 6.33 Å². The van der Waals surface area contributed by atoms with E-state index in [2.05, 4.69) is 109 Å². The first-order valence-electron chi connectivity index (χ1n) is 22.8. The molecule has 0 bridgehead atoms. The monoisotopic (exact) mass is 712 g/mol. The standard InChI is InChI=1S/C50H83N2/c1-4-6-8-10-12-14-16-17-18-19-20-22-24-26-28-36-42-51-43-44-52(46-51)49(41-35-27-25-23-21-15-13-11-9-7-5-2)50(3,48-39-33-30-34-40-48)45-47-37-31-29-32-38-47/h29-34,37-40,43-44,46,49H,4-28,35-36,41-42,45H2,1-3H3/q+1. The van der Waals surface area contributed by atoms with E-state index in [-0.39, 0.29) is 5.41 Å². The molecule has 1 aromatic heterocycles. The lowest BCUT2D eigenvalue weighted by molar-refractivity contribution is -0.697. The van der Waals surface area contributed by atoms with Crippen molar-refractivity contribution in [3.8, 4) is 0 Å². The number of hydrogen-bond acceptors (Lipinski definition) is 0. The van der Waals surface area contributed by atoms with Crippen LogP contribution >= 0.6 is 0 Å². The summed E-state index contributed by atoms with van der Waals surface area (Å²) in [6.07, 6.45) is 47.6. The molecule has 0 amide bonds. The molecule has 1 heterocycles. The van der Waals surface area contributed by atoms with E-state index >= 15 is 0 Å². The normalized spacial score (nSPS) is 13.4. The number of hydrogen-bond donors (Lipinski definition) is 0. The molecule has 0 aliphatic carbocycles. The van der Waals surface area contributed by atoms with Crippen molar-refractivity contribution < 1.29 is 4.57 Å². The van der Waals surface area contributed by atoms with E-state index in [0.29, 0.717) is 6.04 Å². The number of nitrogens with zero attached hydrogens (tertiary/aromatic N) is 2. The quantitative estimate of drug-likeness (QED) is 0.0431. The zero-order chi connectivity index (χ0) is 36.8. The first kappa shape index (κ1) is 44.0. The molecule has 3 aromatic rings. The van der Waals surface area contributed by atoms with Gasteiger partial charge in [-0.05, 0) is 43.2 Å². The second kappa shape index (κ2) is 29.1. The van der Waals surface area contributed by atoms with E-state index in [9.17, 15) is 0 Å². The Hall–Kier alpha value is -2.35. The van der Waals surface area contributed by atoms with Gasteiger partial charge in [-0.15, -0.1) is 0 Å². The van der Waals surface area contributed by atoms with Crippen molar-refractivity contribution in [2.75, 3.05) is 0 Å². The fraction of sp³-hybridized carbons (Fsp3) is 0.700. The third kappa shape index (κ3) is 18.6. The highest BCUT2D eigenvalue weighted by atomic mass is 15.1. The van der Waals surface area contributed by atoms with Crippen LogP contribution in [-0.4, -0.2) is 4.57 Å². The summed E-state index contributed by atoms with van der Waals surface area (Å²) < 4.78 is 5.07. The Morgan fingerprint density at radius 2 is 0.904 bits per heavy atom. The van der Waals surface area contributed by atoms with Gasteiger partial charge in [0.15, 0.2) is 0 Å². The van der Waals surface area contributed by atoms with Crippen LogP contribution < -0.4 is 4.57 Å². The average Bonchev–Trinajstić information content (AvgIpc) is 3.64. The van der Waals surface area contributed by atoms with Crippen LogP contribution in [0.2, 0.25) is 0 Å². The number of benzene rings is 2. The lowest BCUT2D eigenvalue weighted by Gasteiger charge is -2.37. The molecule has 0 saturated carbocycles. The van der Waals surface area contributed by atoms with Gasteiger partial charge >= 0.3 is 0 Å². The molecule has 2 heteroatoms. The van der Waals surface area contributed by atoms with Gasteiger partial charge in [0.1, 0.15) is 18.4 Å². The molecule has 0 aliphatic heterocycles. The van der Waals surface area contributed by atoms with E-state index in [1.165, 1.54) is 191 Å². The molecule has 2 atom stereocenters. The minimum absolute atomic E-state index is 0.00615. The molecule has 2 aromatic carbocycles. The van der Waals surface area contributed by atoms with Crippen molar-refractivity contribution in [2.24, 2.45) is 0 Å². The molecular formula is C50H83N2+. The third-order valence-electron chi connectivity index (χ3n) is 12.0. The zero-order valence-corrected chi connectivity index (χ0v) is 34.7. The van der Waals surface area contributed by atoms with E-state index in [1.54, 1.807) is 0 Å². The summed E-state index contributed by atoms with van der Waals surface area (Å²) >= 11 is 0. The minimum Gasteiger partial charge on any atom is -0.237 e. The minimum atomic E-state index is 0.00615. The molecule has 2 unspecified atom stereocenters. The lowest BCUT2D eigenvalue weighted by Crippen LogP contribution is -2.38. The molecule has 0 radical (unpaired) electrons. The maximum atomic E-state index is 2.60. The van der Waals surface area contributed by atoms with E-state index in [0.717, 1.165) is 13.0 Å². The van der Waals surface area contributed by atoms with E-state index in [1.807, 2.05) is 0 Å². The Labute approximate surface area is 323 Å². The summed E-state index contributed by atoms with van der Waals surface area (Å²) in [6.45, 7) is 8.30. The SMILES string of the molecule is CCCCCCCCCCCCCCCCCC[n+]1ccn(C(CCCCCCCCCCCCC)C(C)(Cc2ccccc2)c2ccccc2)c1. The molecule has 292 valence electrons. The van der Waals surface area contributed by atoms with Crippen LogP contribution in [0.4, 0.5) is 0 Å². The third-order valence-corrected chi connectivity index (χ3v) is 12.0. The molecule has 3 rings (SSSR count). The van der Waals surface area contributed by atoms with Crippen molar-refractivity contribution in [2.45, 2.75) is 225 Å². The molecule has 0 N–H and O–H groups in total. The van der Waals surface area contributed by atoms with Crippen LogP contribution in [0, 0.1) is 0 Å². The van der Waals surface area contributed by atoms with Crippen LogP contribution in [0.3, 0.4) is 0 Å². The van der Waals surface area contributed by atoms with Gasteiger partial charge in [-0.2, -0.15) is 0 Å². The topological polar surface area (TPSA) is 8.81 Å². The zero-order valence-electron chi connectivity index (χ0n) is 34.7. The summed E-state index contributed by atoms with van der Waals surface area (Å²) in [5.74, 6) is 0. The first-order valence-corrected chi connectivity index (χ1v) is 22.8. The van der Waals surface area contributed by atoms with Gasteiger partial charge in [0.05, 0.1) is 6.54 Å². The van der Waals surface area contributed by atoms with Crippen molar-refractivity contribution in [1.82, 2.24) is 4.57 Å². The fourth-order valence-electron chi connectivity index (χ4n) is 8.62. The number of imidazole rings is 1. The predicted octanol–water partition coefficient (Wildman–Crippen LogP) is 15.5. The maximum Gasteiger partial charge on any atom is 0.244 e. The summed E-state index contributed by atoms with van der Waals surface area (Å²) in [5, 5.41) is 0. The summed E-state index contributed by atoms with van der Waals surface area (Å²) in [5.41, 5.74) is 2.91. The number of unbranched alkanes of at least 4 members (excludes halogenated alkanes) is 25. The summed E-state index contributed by atoms with van der Waals surface area (Å²) in [7, 11) is 0. The number of aryl methyl sites for hydroxylation is 1. The summed E-state index contributed by atoms with van der Waals surface area (Å²) in [4.78, 5) is 0. The largest absolute Gasteiger partial charge is 0.244 e. The highest BCUT2D eigenvalue weighted by Gasteiger charge is 2.40. The van der Waals surface area contributed by atoms with Gasteiger partial charge in [-0.3, -0.25) is 0 Å². The first-order chi connectivity index (χ1) is 25.7. The fourth-order valence-corrected chi connectivity index (χ4v) is 8.62. The molecule has 0 spiro atoms. The van der Waals surface area contributed by atoms with E-state index in [4.69, 9.17) is 0 Å². The van der Waals surface area contributed by atoms with Crippen molar-refractivity contribution >= 4 is 0 Å². The second-order valence-electron chi connectivity index (χ2n) is 16.7. The number of rotatable bonds is 34. The molecule has 0 fully saturated rings. The second-order valence-corrected chi connectivity index (χ2v) is 16.7. The van der Waals surface area contributed by atoms with Gasteiger partial charge in [-0.25, -0.2) is 9.13 Å². The Kier molecular flexibility index (Phi) is 24.6. The van der Waals surface area contributed by atoms with Crippen LogP contribution in [0.15, 0.2) is 79.4 Å². The Morgan fingerprint density at radius 1 is 0.500 bits per heavy atom. The van der Waals surface area contributed by atoms with Gasteiger partial charge in [0, 0.05) is 5.41 Å². The highest BCUT2D eigenvalue weighted by Crippen LogP contribution is 2.41. The Bertz CT molecular complexity index is 1200. The predicted molar refractivity (Wildman–Crippen MR) is 228 cm³/mol. The van der Waals surface area contributed by atoms with Crippen LogP contribution in [0.5, 0.6) is 0 Å². The molecule has 2 nitrogen and oxygen atoms in total. The Balaban J connectivity index is 1.46. The highest BCUT2D eigenvalue weighted by molar-refractivity contribution is 5.30. The van der Waals surface area contributed by atoms with Crippen molar-refractivity contribution in [3.05, 3.63) is 90.5 Å². The average molecular weight is 712 g/mol.